The van der Waals surface area contributed by atoms with E-state index in [1.54, 1.807) is 0 Å². The van der Waals surface area contributed by atoms with Crippen LogP contribution in [0.15, 0.2) is 24.3 Å². The maximum absolute atomic E-state index is 3.68. The van der Waals surface area contributed by atoms with E-state index in [0.29, 0.717) is 0 Å². The molecule has 0 aliphatic rings. The van der Waals surface area contributed by atoms with Gasteiger partial charge in [0.2, 0.25) is 0 Å². The van der Waals surface area contributed by atoms with Crippen LogP contribution in [-0.4, -0.2) is 21.2 Å². The van der Waals surface area contributed by atoms with Crippen molar-refractivity contribution < 1.29 is 0 Å². The molecule has 0 aromatic rings. The number of allylic oxidation sites excluding steroid dienone is 4. The molecule has 0 heterocycles. The lowest BCUT2D eigenvalue weighted by atomic mass is 10.1. The number of hydrogen-bond donors (Lipinski definition) is 0. The van der Waals surface area contributed by atoms with E-state index in [-0.39, 0.29) is 0 Å². The van der Waals surface area contributed by atoms with E-state index < -0.39 is 0 Å². The Kier molecular flexibility index (Phi) is 19.4. The number of alkyl halides is 2. The van der Waals surface area contributed by atoms with Crippen molar-refractivity contribution >= 4 is 53.4 Å². The Hall–Kier alpha value is 1.14. The van der Waals surface area contributed by atoms with Crippen LogP contribution < -0.4 is 0 Å². The van der Waals surface area contributed by atoms with E-state index in [1.165, 1.54) is 51.4 Å². The Morgan fingerprint density at radius 2 is 1.14 bits per heavy atom. The lowest BCUT2D eigenvalue weighted by molar-refractivity contribution is 0.687. The lowest BCUT2D eigenvalue weighted by Crippen LogP contribution is -2.07. The van der Waals surface area contributed by atoms with Gasteiger partial charge in [0.25, 0.3) is 0 Å². The fraction of sp³-hybridized carbons (Fsp3) is 0.778. The molecule has 130 valence electrons. The Morgan fingerprint density at radius 3 is 1.45 bits per heavy atom. The van der Waals surface area contributed by atoms with E-state index in [0.717, 1.165) is 21.2 Å². The molecule has 4 heteroatoms. The Bertz CT molecular complexity index is 252. The minimum Gasteiger partial charge on any atom is -0.0917 e. The van der Waals surface area contributed by atoms with Gasteiger partial charge in [0.05, 0.1) is 0 Å². The molecule has 0 radical (unpaired) electrons. The summed E-state index contributed by atoms with van der Waals surface area (Å²) in [5, 5.41) is 3.73. The molecule has 0 aliphatic heterocycles. The molecule has 2 atom stereocenters. The Balaban J connectivity index is 3.76. The van der Waals surface area contributed by atoms with Crippen molar-refractivity contribution in [3.8, 4) is 0 Å². The van der Waals surface area contributed by atoms with Crippen molar-refractivity contribution in [2.45, 2.75) is 75.7 Å². The van der Waals surface area contributed by atoms with Crippen molar-refractivity contribution in [1.82, 2.24) is 0 Å². The van der Waals surface area contributed by atoms with Crippen LogP contribution in [0.5, 0.6) is 0 Å². The molecule has 0 amide bonds. The van der Waals surface area contributed by atoms with Crippen LogP contribution in [-0.2, 0) is 0 Å². The molecule has 0 aromatic carbocycles. The molecule has 0 bridgehead atoms. The predicted molar refractivity (Wildman–Crippen MR) is 117 cm³/mol. The highest BCUT2D eigenvalue weighted by Crippen LogP contribution is 2.37. The molecule has 0 saturated carbocycles. The summed E-state index contributed by atoms with van der Waals surface area (Å²) in [7, 11) is 4.19. The first-order valence-electron chi connectivity index (χ1n) is 8.44. The SMILES string of the molecule is C/C=C/CCCCC(CBr)SSC(CBr)CCCC/C=C/C. The number of unbranched alkanes of at least 4 members (excludes halogenated alkanes) is 4. The lowest BCUT2D eigenvalue weighted by Gasteiger charge is -2.17. The topological polar surface area (TPSA) is 0 Å². The first-order valence-corrected chi connectivity index (χ1v) is 13.0. The first-order chi connectivity index (χ1) is 10.8. The summed E-state index contributed by atoms with van der Waals surface area (Å²) in [6.45, 7) is 4.21. The van der Waals surface area contributed by atoms with Gasteiger partial charge < -0.3 is 0 Å². The van der Waals surface area contributed by atoms with Crippen LogP contribution >= 0.6 is 53.4 Å². The molecular formula is C18H32Br2S2. The van der Waals surface area contributed by atoms with Crippen LogP contribution in [0.3, 0.4) is 0 Å². The summed E-state index contributed by atoms with van der Waals surface area (Å²) in [5.41, 5.74) is 0. The average molecular weight is 472 g/mol. The van der Waals surface area contributed by atoms with Crippen molar-refractivity contribution in [3.63, 3.8) is 0 Å². The largest absolute Gasteiger partial charge is 0.0917 e. The van der Waals surface area contributed by atoms with E-state index in [9.17, 15) is 0 Å². The zero-order valence-corrected chi connectivity index (χ0v) is 18.9. The van der Waals surface area contributed by atoms with E-state index in [2.05, 4.69) is 91.6 Å². The Labute approximate surface area is 163 Å². The van der Waals surface area contributed by atoms with Crippen LogP contribution in [0.4, 0.5) is 0 Å². The van der Waals surface area contributed by atoms with Crippen LogP contribution in [0.25, 0.3) is 0 Å². The minimum absolute atomic E-state index is 0.750. The van der Waals surface area contributed by atoms with Gasteiger partial charge in [-0.2, -0.15) is 0 Å². The molecule has 0 saturated heterocycles. The van der Waals surface area contributed by atoms with Gasteiger partial charge in [-0.05, 0) is 52.4 Å². The van der Waals surface area contributed by atoms with Crippen LogP contribution in [0.1, 0.15) is 65.2 Å². The molecular weight excluding hydrogens is 440 g/mol. The quantitative estimate of drug-likeness (QED) is 0.102. The summed E-state index contributed by atoms with van der Waals surface area (Å²) in [4.78, 5) is 0. The number of rotatable bonds is 15. The maximum atomic E-state index is 3.68. The van der Waals surface area contributed by atoms with Gasteiger partial charge in [0.15, 0.2) is 0 Å². The summed E-state index contributed by atoms with van der Waals surface area (Å²) in [6, 6.07) is 0. The smallest absolute Gasteiger partial charge is 0.0248 e. The molecule has 22 heavy (non-hydrogen) atoms. The highest BCUT2D eigenvalue weighted by atomic mass is 79.9. The van der Waals surface area contributed by atoms with Gasteiger partial charge in [0, 0.05) is 21.2 Å². The Morgan fingerprint density at radius 1 is 0.727 bits per heavy atom. The van der Waals surface area contributed by atoms with E-state index in [4.69, 9.17) is 0 Å². The fourth-order valence-corrected chi connectivity index (χ4v) is 7.42. The molecule has 2 unspecified atom stereocenters. The van der Waals surface area contributed by atoms with Gasteiger partial charge in [-0.15, -0.1) is 0 Å². The number of halogens is 2. The van der Waals surface area contributed by atoms with Gasteiger partial charge in [-0.3, -0.25) is 0 Å². The van der Waals surface area contributed by atoms with Crippen molar-refractivity contribution in [2.75, 3.05) is 10.7 Å². The van der Waals surface area contributed by atoms with E-state index in [1.807, 2.05) is 0 Å². The summed E-state index contributed by atoms with van der Waals surface area (Å²) in [6.07, 6.45) is 19.3. The fourth-order valence-electron chi connectivity index (χ4n) is 2.06. The number of hydrogen-bond acceptors (Lipinski definition) is 2. The molecule has 0 nitrogen and oxygen atoms in total. The molecule has 0 spiro atoms. The maximum Gasteiger partial charge on any atom is 0.0248 e. The van der Waals surface area contributed by atoms with Gasteiger partial charge in [0.1, 0.15) is 0 Å². The zero-order valence-electron chi connectivity index (χ0n) is 14.1. The van der Waals surface area contributed by atoms with E-state index >= 15 is 0 Å². The van der Waals surface area contributed by atoms with Gasteiger partial charge >= 0.3 is 0 Å². The van der Waals surface area contributed by atoms with Crippen molar-refractivity contribution in [3.05, 3.63) is 24.3 Å². The monoisotopic (exact) mass is 470 g/mol. The van der Waals surface area contributed by atoms with Gasteiger partial charge in [-0.1, -0.05) is 90.6 Å². The summed E-state index contributed by atoms with van der Waals surface area (Å²) < 4.78 is 0. The van der Waals surface area contributed by atoms with Crippen molar-refractivity contribution in [2.24, 2.45) is 0 Å². The molecule has 0 fully saturated rings. The van der Waals surface area contributed by atoms with Crippen LogP contribution in [0.2, 0.25) is 0 Å². The minimum atomic E-state index is 0.750. The second-order valence-corrected chi connectivity index (χ2v) is 9.62. The highest BCUT2D eigenvalue weighted by Gasteiger charge is 2.13. The van der Waals surface area contributed by atoms with Crippen molar-refractivity contribution in [1.29, 1.82) is 0 Å². The third kappa shape index (κ3) is 14.7. The standard InChI is InChI=1S/C18H32Br2S2/c1-3-5-7-9-11-13-17(15-19)21-22-18(16-20)14-12-10-8-6-4-2/h3-6,17-18H,7-16H2,1-2H3/b5-3+,6-4+. The third-order valence-electron chi connectivity index (χ3n) is 3.44. The molecule has 0 aliphatic carbocycles. The molecule has 0 rings (SSSR count). The second kappa shape index (κ2) is 18.5. The third-order valence-corrected chi connectivity index (χ3v) is 9.28. The predicted octanol–water partition coefficient (Wildman–Crippen LogP) is 8.17. The van der Waals surface area contributed by atoms with Crippen LogP contribution in [0, 0.1) is 0 Å². The van der Waals surface area contributed by atoms with Gasteiger partial charge in [-0.25, -0.2) is 0 Å². The second-order valence-electron chi connectivity index (χ2n) is 5.45. The first kappa shape index (κ1) is 23.1. The molecule has 0 N–H and O–H groups in total. The average Bonchev–Trinajstić information content (AvgIpc) is 2.55. The molecule has 0 aromatic heterocycles. The normalized spacial score (nSPS) is 14.9. The zero-order chi connectivity index (χ0) is 16.5. The summed E-state index contributed by atoms with van der Waals surface area (Å²) >= 11 is 7.37. The summed E-state index contributed by atoms with van der Waals surface area (Å²) in [5.74, 6) is 0. The highest BCUT2D eigenvalue weighted by molar-refractivity contribution is 9.09.